The lowest BCUT2D eigenvalue weighted by Crippen LogP contribution is -2.60. The molecule has 2 aliphatic rings. The van der Waals surface area contributed by atoms with E-state index in [0.29, 0.717) is 11.5 Å². The van der Waals surface area contributed by atoms with Crippen LogP contribution in [-0.2, 0) is 30.8 Å². The minimum Gasteiger partial charge on any atom is -0.454 e. The second kappa shape index (κ2) is 16.2. The van der Waals surface area contributed by atoms with Gasteiger partial charge in [0, 0.05) is 25.2 Å². The number of sulfonamides is 1. The van der Waals surface area contributed by atoms with Gasteiger partial charge >= 0.3 is 6.09 Å². The summed E-state index contributed by atoms with van der Waals surface area (Å²) in [5.74, 6) is -0.405. The summed E-state index contributed by atoms with van der Waals surface area (Å²) < 4.78 is 45.5. The fourth-order valence-corrected chi connectivity index (χ4v) is 7.34. The lowest BCUT2D eigenvalue weighted by molar-refractivity contribution is -0.133. The number of carbonyl (C=O) groups is 3. The van der Waals surface area contributed by atoms with Crippen LogP contribution in [0.5, 0.6) is 11.5 Å². The van der Waals surface area contributed by atoms with E-state index in [1.165, 1.54) is 27.4 Å². The number of benzene rings is 2. The highest BCUT2D eigenvalue weighted by Gasteiger charge is 2.40. The van der Waals surface area contributed by atoms with Crippen molar-refractivity contribution in [3.63, 3.8) is 0 Å². The van der Waals surface area contributed by atoms with E-state index in [1.807, 2.05) is 44.2 Å². The molecule has 3 amide bonds. The van der Waals surface area contributed by atoms with Crippen LogP contribution in [0.1, 0.15) is 73.8 Å². The molecular formula is C37H54N4O9S. The van der Waals surface area contributed by atoms with Gasteiger partial charge in [-0.15, -0.1) is 0 Å². The van der Waals surface area contributed by atoms with Gasteiger partial charge in [0.05, 0.1) is 17.0 Å². The Labute approximate surface area is 302 Å². The third-order valence-corrected chi connectivity index (χ3v) is 10.2. The standard InChI is InChI=1S/C37H54N4O9S/c1-24(2)20-40(51(46,47)27-16-17-30-31(19-27)49-23-48-30)21-29(42)28(18-25-12-10-9-11-13-25)38-34(44)33(36(3,4)5)39-32(43)22-41(26-14-15-26)35(45)50-37(6,7)8/h9-13,16-17,19,24,26,28-29,33,42H,14-15,18,20-23H2,1-8H3,(H,38,44)(H,39,43)/t28-,29+,33+/m0/s1. The van der Waals surface area contributed by atoms with Crippen LogP contribution in [0.25, 0.3) is 0 Å². The van der Waals surface area contributed by atoms with Crippen LogP contribution in [0.4, 0.5) is 4.79 Å². The summed E-state index contributed by atoms with van der Waals surface area (Å²) in [5, 5.41) is 17.5. The number of amides is 3. The smallest absolute Gasteiger partial charge is 0.411 e. The third kappa shape index (κ3) is 11.3. The number of hydrogen-bond acceptors (Lipinski definition) is 9. The van der Waals surface area contributed by atoms with Crippen molar-refractivity contribution in [2.45, 2.75) is 109 Å². The zero-order valence-electron chi connectivity index (χ0n) is 31.0. The molecule has 51 heavy (non-hydrogen) atoms. The molecule has 282 valence electrons. The van der Waals surface area contributed by atoms with Gasteiger partial charge in [-0.1, -0.05) is 65.0 Å². The quantitative estimate of drug-likeness (QED) is 0.245. The molecule has 1 aliphatic carbocycles. The van der Waals surface area contributed by atoms with E-state index in [1.54, 1.807) is 41.5 Å². The topological polar surface area (TPSA) is 164 Å². The van der Waals surface area contributed by atoms with Gasteiger partial charge in [0.1, 0.15) is 18.2 Å². The van der Waals surface area contributed by atoms with Crippen molar-refractivity contribution < 1.29 is 42.1 Å². The predicted octanol–water partition coefficient (Wildman–Crippen LogP) is 4.08. The molecule has 3 atom stereocenters. The molecule has 0 unspecified atom stereocenters. The Balaban J connectivity index is 1.56. The fraction of sp³-hybridized carbons (Fsp3) is 0.595. The molecule has 2 aromatic carbocycles. The average molecular weight is 731 g/mol. The summed E-state index contributed by atoms with van der Waals surface area (Å²) in [6.45, 7) is 13.9. The minimum absolute atomic E-state index is 0.00729. The van der Waals surface area contributed by atoms with Crippen LogP contribution in [0.3, 0.4) is 0 Å². The number of hydrogen-bond donors (Lipinski definition) is 3. The van der Waals surface area contributed by atoms with Gasteiger partial charge in [-0.2, -0.15) is 4.31 Å². The number of carbonyl (C=O) groups excluding carboxylic acids is 3. The van der Waals surface area contributed by atoms with E-state index in [0.717, 1.165) is 18.4 Å². The van der Waals surface area contributed by atoms with E-state index >= 15 is 0 Å². The van der Waals surface area contributed by atoms with Crippen LogP contribution in [-0.4, -0.2) is 96.9 Å². The summed E-state index contributed by atoms with van der Waals surface area (Å²) in [4.78, 5) is 41.8. The summed E-state index contributed by atoms with van der Waals surface area (Å²) in [7, 11) is -4.11. The molecular weight excluding hydrogens is 676 g/mol. The molecule has 0 saturated heterocycles. The van der Waals surface area contributed by atoms with Crippen molar-refractivity contribution in [1.29, 1.82) is 0 Å². The first kappa shape index (κ1) is 39.9. The van der Waals surface area contributed by atoms with Crippen LogP contribution < -0.4 is 20.1 Å². The van der Waals surface area contributed by atoms with Gasteiger partial charge in [-0.25, -0.2) is 13.2 Å². The maximum absolute atomic E-state index is 14.1. The molecule has 3 N–H and O–H groups in total. The van der Waals surface area contributed by atoms with Gasteiger partial charge in [0.15, 0.2) is 11.5 Å². The minimum atomic E-state index is -4.11. The van der Waals surface area contributed by atoms with Gasteiger partial charge in [-0.05, 0) is 69.1 Å². The molecule has 14 heteroatoms. The molecule has 1 fully saturated rings. The summed E-state index contributed by atoms with van der Waals surface area (Å²) >= 11 is 0. The summed E-state index contributed by atoms with van der Waals surface area (Å²) in [5.41, 5.74) is -0.702. The number of aliphatic hydroxyl groups excluding tert-OH is 1. The number of fused-ring (bicyclic) bond motifs is 1. The first-order chi connectivity index (χ1) is 23.7. The monoisotopic (exact) mass is 730 g/mol. The van der Waals surface area contributed by atoms with E-state index < -0.39 is 57.1 Å². The van der Waals surface area contributed by atoms with Crippen LogP contribution in [0.15, 0.2) is 53.4 Å². The first-order valence-electron chi connectivity index (χ1n) is 17.5. The second-order valence-corrected chi connectivity index (χ2v) is 17.7. The van der Waals surface area contributed by atoms with Crippen molar-refractivity contribution >= 4 is 27.9 Å². The largest absolute Gasteiger partial charge is 0.454 e. The summed E-state index contributed by atoms with van der Waals surface area (Å²) in [6.07, 6.45) is -0.234. The Hall–Kier alpha value is -3.88. The Morgan fingerprint density at radius 1 is 0.941 bits per heavy atom. The molecule has 1 aliphatic heterocycles. The van der Waals surface area contributed by atoms with Crippen LogP contribution in [0.2, 0.25) is 0 Å². The van der Waals surface area contributed by atoms with Crippen LogP contribution in [0, 0.1) is 11.3 Å². The number of rotatable bonds is 15. The molecule has 2 aromatic rings. The van der Waals surface area contributed by atoms with Crippen LogP contribution >= 0.6 is 0 Å². The lowest BCUT2D eigenvalue weighted by atomic mass is 9.85. The maximum Gasteiger partial charge on any atom is 0.411 e. The van der Waals surface area contributed by atoms with Crippen molar-refractivity contribution in [3.8, 4) is 11.5 Å². The molecule has 0 radical (unpaired) electrons. The lowest BCUT2D eigenvalue weighted by Gasteiger charge is -2.35. The molecule has 4 rings (SSSR count). The number of nitrogens with one attached hydrogen (secondary N) is 2. The SMILES string of the molecule is CC(C)CN(C[C@@H](O)[C@H](Cc1ccccc1)NC(=O)[C@@H](NC(=O)CN(C(=O)OC(C)(C)C)C1CC1)C(C)(C)C)S(=O)(=O)c1ccc2c(c1)OCO2. The number of nitrogens with zero attached hydrogens (tertiary/aromatic N) is 2. The van der Waals surface area contributed by atoms with Crippen molar-refractivity contribution in [1.82, 2.24) is 19.8 Å². The second-order valence-electron chi connectivity index (χ2n) is 15.8. The zero-order valence-corrected chi connectivity index (χ0v) is 31.8. The summed E-state index contributed by atoms with van der Waals surface area (Å²) in [6, 6.07) is 11.5. The highest BCUT2D eigenvalue weighted by atomic mass is 32.2. The Morgan fingerprint density at radius 2 is 1.59 bits per heavy atom. The van der Waals surface area contributed by atoms with Gasteiger partial charge < -0.3 is 30.0 Å². The normalized spacial score (nSPS) is 16.4. The Kier molecular flexibility index (Phi) is 12.7. The molecule has 0 bridgehead atoms. The average Bonchev–Trinajstić information content (AvgIpc) is 3.75. The maximum atomic E-state index is 14.1. The number of ether oxygens (including phenoxy) is 3. The van der Waals surface area contributed by atoms with E-state index in [-0.39, 0.29) is 49.7 Å². The van der Waals surface area contributed by atoms with Crippen molar-refractivity contribution in [2.24, 2.45) is 11.3 Å². The predicted molar refractivity (Wildman–Crippen MR) is 192 cm³/mol. The Morgan fingerprint density at radius 3 is 2.18 bits per heavy atom. The van der Waals surface area contributed by atoms with E-state index in [4.69, 9.17) is 14.2 Å². The zero-order chi connectivity index (χ0) is 37.7. The van der Waals surface area contributed by atoms with Gasteiger partial charge in [0.2, 0.25) is 28.6 Å². The molecule has 0 spiro atoms. The fourth-order valence-electron chi connectivity index (χ4n) is 5.70. The van der Waals surface area contributed by atoms with Crippen molar-refractivity contribution in [3.05, 3.63) is 54.1 Å². The third-order valence-electron chi connectivity index (χ3n) is 8.39. The van der Waals surface area contributed by atoms with E-state index in [2.05, 4.69) is 10.6 Å². The highest BCUT2D eigenvalue weighted by molar-refractivity contribution is 7.89. The highest BCUT2D eigenvalue weighted by Crippen LogP contribution is 2.35. The molecule has 1 saturated carbocycles. The first-order valence-corrected chi connectivity index (χ1v) is 18.9. The molecule has 0 aromatic heterocycles. The molecule has 1 heterocycles. The Bertz CT molecular complexity index is 1630. The van der Waals surface area contributed by atoms with E-state index in [9.17, 15) is 27.9 Å². The van der Waals surface area contributed by atoms with Crippen molar-refractivity contribution in [2.75, 3.05) is 26.4 Å². The van der Waals surface area contributed by atoms with Gasteiger partial charge in [0.25, 0.3) is 0 Å². The van der Waals surface area contributed by atoms with Gasteiger partial charge in [-0.3, -0.25) is 14.5 Å². The number of aliphatic hydroxyl groups is 1. The molecule has 13 nitrogen and oxygen atoms in total.